The van der Waals surface area contributed by atoms with Crippen molar-refractivity contribution in [1.82, 2.24) is 15.1 Å². The number of carbonyl (C=O) groups is 1. The van der Waals surface area contributed by atoms with Crippen LogP contribution in [0.4, 0.5) is 0 Å². The fourth-order valence-electron chi connectivity index (χ4n) is 3.90. The maximum absolute atomic E-state index is 12.3. The van der Waals surface area contributed by atoms with Crippen molar-refractivity contribution >= 4 is 21.8 Å². The number of nitrogens with zero attached hydrogens (tertiary/aromatic N) is 2. The van der Waals surface area contributed by atoms with Crippen LogP contribution >= 0.6 is 15.9 Å². The minimum Gasteiger partial charge on any atom is -0.354 e. The number of carbonyl (C=O) groups excluding carboxylic acids is 1. The van der Waals surface area contributed by atoms with Gasteiger partial charge in [-0.1, -0.05) is 40.2 Å². The summed E-state index contributed by atoms with van der Waals surface area (Å²) in [6, 6.07) is 10.8. The van der Waals surface area contributed by atoms with Gasteiger partial charge in [0.25, 0.3) is 5.56 Å². The van der Waals surface area contributed by atoms with Gasteiger partial charge in [-0.2, -0.15) is 5.10 Å². The minimum atomic E-state index is -0.274. The van der Waals surface area contributed by atoms with Crippen LogP contribution in [0.5, 0.6) is 0 Å². The zero-order chi connectivity index (χ0) is 18.1. The SMILES string of the molecule is O=C(Cn1nc(-c2ccc(Br)cc2)ccc1=O)NC[C@H]1C[C@H]2C=C[C@H]1C2. The second-order valence-corrected chi connectivity index (χ2v) is 7.98. The van der Waals surface area contributed by atoms with Crippen molar-refractivity contribution in [2.75, 3.05) is 6.54 Å². The molecule has 2 aromatic rings. The molecule has 2 bridgehead atoms. The Kier molecular flexibility index (Phi) is 4.76. The molecule has 1 heterocycles. The highest BCUT2D eigenvalue weighted by Crippen LogP contribution is 2.42. The molecule has 0 unspecified atom stereocenters. The first-order valence-electron chi connectivity index (χ1n) is 8.87. The Hall–Kier alpha value is -2.21. The molecule has 5 nitrogen and oxygen atoms in total. The van der Waals surface area contributed by atoms with Gasteiger partial charge in [0.05, 0.1) is 5.69 Å². The maximum Gasteiger partial charge on any atom is 0.267 e. The topological polar surface area (TPSA) is 64.0 Å². The van der Waals surface area contributed by atoms with Gasteiger partial charge in [0.15, 0.2) is 0 Å². The van der Waals surface area contributed by atoms with Crippen LogP contribution in [0.25, 0.3) is 11.3 Å². The quantitative estimate of drug-likeness (QED) is 0.766. The Balaban J connectivity index is 1.41. The third-order valence-electron chi connectivity index (χ3n) is 5.28. The van der Waals surface area contributed by atoms with E-state index in [1.54, 1.807) is 6.07 Å². The lowest BCUT2D eigenvalue weighted by atomic mass is 9.94. The average Bonchev–Trinajstić information content (AvgIpc) is 3.26. The normalized spacial score (nSPS) is 23.3. The molecule has 1 saturated carbocycles. The molecule has 1 aromatic carbocycles. The lowest BCUT2D eigenvalue weighted by molar-refractivity contribution is -0.122. The van der Waals surface area contributed by atoms with Crippen molar-refractivity contribution in [2.45, 2.75) is 19.4 Å². The molecule has 2 aliphatic rings. The Labute approximate surface area is 160 Å². The van der Waals surface area contributed by atoms with E-state index >= 15 is 0 Å². The first-order valence-corrected chi connectivity index (χ1v) is 9.67. The number of fused-ring (bicyclic) bond motifs is 2. The fourth-order valence-corrected chi connectivity index (χ4v) is 4.17. The molecular formula is C20H20BrN3O2. The summed E-state index contributed by atoms with van der Waals surface area (Å²) < 4.78 is 2.21. The van der Waals surface area contributed by atoms with Gasteiger partial charge in [0.1, 0.15) is 6.54 Å². The van der Waals surface area contributed by atoms with Crippen LogP contribution in [0.3, 0.4) is 0 Å². The molecule has 134 valence electrons. The summed E-state index contributed by atoms with van der Waals surface area (Å²) in [4.78, 5) is 24.3. The predicted molar refractivity (Wildman–Crippen MR) is 103 cm³/mol. The van der Waals surface area contributed by atoms with Crippen molar-refractivity contribution in [3.8, 4) is 11.3 Å². The molecule has 0 spiro atoms. The second kappa shape index (κ2) is 7.19. The molecule has 0 saturated heterocycles. The van der Waals surface area contributed by atoms with Crippen LogP contribution in [-0.2, 0) is 11.3 Å². The van der Waals surface area contributed by atoms with Crippen LogP contribution in [0.15, 0.2) is 57.8 Å². The van der Waals surface area contributed by atoms with E-state index in [1.165, 1.54) is 17.2 Å². The number of halogens is 1. The molecule has 2 aliphatic carbocycles. The molecule has 1 N–H and O–H groups in total. The van der Waals surface area contributed by atoms with Gasteiger partial charge < -0.3 is 5.32 Å². The highest BCUT2D eigenvalue weighted by molar-refractivity contribution is 9.10. The third-order valence-corrected chi connectivity index (χ3v) is 5.81. The number of allylic oxidation sites excluding steroid dienone is 2. The van der Waals surface area contributed by atoms with Crippen LogP contribution in [-0.4, -0.2) is 22.2 Å². The summed E-state index contributed by atoms with van der Waals surface area (Å²) in [7, 11) is 0. The first kappa shape index (κ1) is 17.2. The molecule has 3 atom stereocenters. The Morgan fingerprint density at radius 1 is 1.15 bits per heavy atom. The Morgan fingerprint density at radius 3 is 2.65 bits per heavy atom. The van der Waals surface area contributed by atoms with Gasteiger partial charge in [-0.25, -0.2) is 4.68 Å². The summed E-state index contributed by atoms with van der Waals surface area (Å²) in [5.74, 6) is 1.64. The Morgan fingerprint density at radius 2 is 1.96 bits per heavy atom. The molecule has 0 aliphatic heterocycles. The summed E-state index contributed by atoms with van der Waals surface area (Å²) in [6.07, 6.45) is 6.94. The van der Waals surface area contributed by atoms with E-state index in [0.717, 1.165) is 16.5 Å². The highest BCUT2D eigenvalue weighted by atomic mass is 79.9. The van der Waals surface area contributed by atoms with Gasteiger partial charge >= 0.3 is 0 Å². The van der Waals surface area contributed by atoms with Gasteiger partial charge in [-0.15, -0.1) is 0 Å². The molecule has 4 rings (SSSR count). The van der Waals surface area contributed by atoms with Crippen LogP contribution in [0.1, 0.15) is 12.8 Å². The summed E-state index contributed by atoms with van der Waals surface area (Å²) in [5, 5.41) is 7.32. The average molecular weight is 414 g/mol. The number of rotatable bonds is 5. The van der Waals surface area contributed by atoms with E-state index in [1.807, 2.05) is 24.3 Å². The highest BCUT2D eigenvalue weighted by Gasteiger charge is 2.35. The predicted octanol–water partition coefficient (Wildman–Crippen LogP) is 3.00. The smallest absolute Gasteiger partial charge is 0.267 e. The number of hydrogen-bond donors (Lipinski definition) is 1. The van der Waals surface area contributed by atoms with Crippen LogP contribution in [0.2, 0.25) is 0 Å². The Bertz CT molecular complexity index is 904. The molecule has 26 heavy (non-hydrogen) atoms. The van der Waals surface area contributed by atoms with Crippen molar-refractivity contribution < 1.29 is 4.79 Å². The number of hydrogen-bond acceptors (Lipinski definition) is 3. The number of aromatic nitrogens is 2. The zero-order valence-corrected chi connectivity index (χ0v) is 15.9. The number of nitrogens with one attached hydrogen (secondary N) is 1. The minimum absolute atomic E-state index is 0.0557. The molecule has 1 amide bonds. The van der Waals surface area contributed by atoms with E-state index in [9.17, 15) is 9.59 Å². The number of amides is 1. The van der Waals surface area contributed by atoms with Crippen LogP contribution in [0, 0.1) is 17.8 Å². The molecule has 1 fully saturated rings. The molecular weight excluding hydrogens is 394 g/mol. The van der Waals surface area contributed by atoms with Gasteiger partial charge in [0.2, 0.25) is 5.91 Å². The zero-order valence-electron chi connectivity index (χ0n) is 14.3. The van der Waals surface area contributed by atoms with Crippen LogP contribution < -0.4 is 10.9 Å². The summed E-state index contributed by atoms with van der Waals surface area (Å²) >= 11 is 3.40. The van der Waals surface area contributed by atoms with Crippen molar-refractivity contribution in [2.24, 2.45) is 17.8 Å². The third kappa shape index (κ3) is 3.65. The molecule has 1 aromatic heterocycles. The van der Waals surface area contributed by atoms with E-state index in [0.29, 0.717) is 30.0 Å². The largest absolute Gasteiger partial charge is 0.354 e. The molecule has 6 heteroatoms. The van der Waals surface area contributed by atoms with Crippen molar-refractivity contribution in [3.05, 3.63) is 63.4 Å². The lowest BCUT2D eigenvalue weighted by Gasteiger charge is -2.18. The van der Waals surface area contributed by atoms with E-state index in [-0.39, 0.29) is 18.0 Å². The first-order chi connectivity index (χ1) is 12.6. The summed E-state index contributed by atoms with van der Waals surface area (Å²) in [5.41, 5.74) is 1.29. The second-order valence-electron chi connectivity index (χ2n) is 7.07. The van der Waals surface area contributed by atoms with E-state index in [4.69, 9.17) is 0 Å². The number of benzene rings is 1. The van der Waals surface area contributed by atoms with Gasteiger partial charge in [0, 0.05) is 22.6 Å². The lowest BCUT2D eigenvalue weighted by Crippen LogP contribution is -2.36. The summed E-state index contributed by atoms with van der Waals surface area (Å²) in [6.45, 7) is 0.616. The van der Waals surface area contributed by atoms with Crippen molar-refractivity contribution in [3.63, 3.8) is 0 Å². The standard InChI is InChI=1S/C20H20BrN3O2/c21-17-5-3-14(4-6-17)18-7-8-20(26)24(23-18)12-19(25)22-11-16-10-13-1-2-15(16)9-13/h1-8,13,15-16H,9-12H2,(H,22,25)/t13-,15-,16+/m0/s1. The maximum atomic E-state index is 12.3. The van der Waals surface area contributed by atoms with Gasteiger partial charge in [-0.3, -0.25) is 9.59 Å². The van der Waals surface area contributed by atoms with E-state index < -0.39 is 0 Å². The van der Waals surface area contributed by atoms with Crippen molar-refractivity contribution in [1.29, 1.82) is 0 Å². The van der Waals surface area contributed by atoms with Gasteiger partial charge in [-0.05, 0) is 48.8 Å². The monoisotopic (exact) mass is 413 g/mol. The van der Waals surface area contributed by atoms with E-state index in [2.05, 4.69) is 38.5 Å². The molecule has 0 radical (unpaired) electrons. The fraction of sp³-hybridized carbons (Fsp3) is 0.350.